The van der Waals surface area contributed by atoms with Crippen molar-refractivity contribution < 1.29 is 9.18 Å². The van der Waals surface area contributed by atoms with E-state index in [1.165, 1.54) is 18.2 Å². The summed E-state index contributed by atoms with van der Waals surface area (Å²) < 4.78 is 13.4. The molecule has 0 atom stereocenters. The first kappa shape index (κ1) is 12.0. The third kappa shape index (κ3) is 3.01. The molecule has 0 aliphatic heterocycles. The SMILES string of the molecule is O=C(Cc1ccccc1)c1ccc(F)cc1Br. The number of hydrogen-bond donors (Lipinski definition) is 0. The molecule has 0 unspecified atom stereocenters. The van der Waals surface area contributed by atoms with Crippen molar-refractivity contribution in [1.29, 1.82) is 0 Å². The standard InChI is InChI=1S/C14H10BrFO/c15-13-9-11(16)6-7-12(13)14(17)8-10-4-2-1-3-5-10/h1-7,9H,8H2. The van der Waals surface area contributed by atoms with Crippen molar-refractivity contribution in [2.45, 2.75) is 6.42 Å². The Morgan fingerprint density at radius 2 is 1.82 bits per heavy atom. The number of carbonyl (C=O) groups excluding carboxylic acids is 1. The lowest BCUT2D eigenvalue weighted by atomic mass is 10.0. The quantitative estimate of drug-likeness (QED) is 0.781. The first-order valence-corrected chi connectivity index (χ1v) is 5.98. The summed E-state index contributed by atoms with van der Waals surface area (Å²) in [5.74, 6) is -0.379. The van der Waals surface area contributed by atoms with E-state index >= 15 is 0 Å². The molecule has 0 N–H and O–H groups in total. The monoisotopic (exact) mass is 292 g/mol. The molecule has 17 heavy (non-hydrogen) atoms. The van der Waals surface area contributed by atoms with Crippen LogP contribution < -0.4 is 0 Å². The van der Waals surface area contributed by atoms with Crippen LogP contribution in [0.5, 0.6) is 0 Å². The average Bonchev–Trinajstić information content (AvgIpc) is 2.30. The van der Waals surface area contributed by atoms with Crippen LogP contribution in [0, 0.1) is 5.82 Å². The van der Waals surface area contributed by atoms with Gasteiger partial charge in [-0.2, -0.15) is 0 Å². The van der Waals surface area contributed by atoms with Crippen LogP contribution in [-0.4, -0.2) is 5.78 Å². The minimum atomic E-state index is -0.354. The van der Waals surface area contributed by atoms with E-state index in [9.17, 15) is 9.18 Å². The summed E-state index contributed by atoms with van der Waals surface area (Å²) >= 11 is 3.20. The Hall–Kier alpha value is -1.48. The first-order valence-electron chi connectivity index (χ1n) is 5.19. The number of benzene rings is 2. The second kappa shape index (κ2) is 5.23. The van der Waals surface area contributed by atoms with Crippen LogP contribution in [0.15, 0.2) is 53.0 Å². The predicted molar refractivity (Wildman–Crippen MR) is 68.6 cm³/mol. The molecule has 3 heteroatoms. The zero-order valence-electron chi connectivity index (χ0n) is 8.99. The molecule has 2 aromatic carbocycles. The summed E-state index contributed by atoms with van der Waals surface area (Å²) in [4.78, 5) is 12.0. The number of hydrogen-bond acceptors (Lipinski definition) is 1. The highest BCUT2D eigenvalue weighted by Crippen LogP contribution is 2.19. The molecule has 0 saturated carbocycles. The highest BCUT2D eigenvalue weighted by Gasteiger charge is 2.11. The van der Waals surface area contributed by atoms with Gasteiger partial charge in [-0.15, -0.1) is 0 Å². The topological polar surface area (TPSA) is 17.1 Å². The smallest absolute Gasteiger partial charge is 0.168 e. The van der Waals surface area contributed by atoms with Gasteiger partial charge in [-0.05, 0) is 39.7 Å². The third-order valence-corrected chi connectivity index (χ3v) is 3.10. The Kier molecular flexibility index (Phi) is 3.69. The lowest BCUT2D eigenvalue weighted by Gasteiger charge is -2.04. The van der Waals surface area contributed by atoms with Gasteiger partial charge in [0, 0.05) is 16.5 Å². The Labute approximate surface area is 107 Å². The fourth-order valence-corrected chi connectivity index (χ4v) is 2.16. The minimum Gasteiger partial charge on any atom is -0.294 e. The summed E-state index contributed by atoms with van der Waals surface area (Å²) in [7, 11) is 0. The maximum absolute atomic E-state index is 12.9. The largest absolute Gasteiger partial charge is 0.294 e. The van der Waals surface area contributed by atoms with Crippen LogP contribution >= 0.6 is 15.9 Å². The molecule has 86 valence electrons. The molecule has 2 rings (SSSR count). The van der Waals surface area contributed by atoms with Gasteiger partial charge in [0.1, 0.15) is 5.82 Å². The average molecular weight is 293 g/mol. The Morgan fingerprint density at radius 3 is 2.47 bits per heavy atom. The normalized spacial score (nSPS) is 10.2. The van der Waals surface area contributed by atoms with Crippen molar-refractivity contribution in [3.8, 4) is 0 Å². The van der Waals surface area contributed by atoms with Gasteiger partial charge in [-0.3, -0.25) is 4.79 Å². The van der Waals surface area contributed by atoms with E-state index in [2.05, 4.69) is 15.9 Å². The molecule has 0 aliphatic rings. The number of ketones is 1. The first-order chi connectivity index (χ1) is 8.16. The Morgan fingerprint density at radius 1 is 1.12 bits per heavy atom. The highest BCUT2D eigenvalue weighted by atomic mass is 79.9. The van der Waals surface area contributed by atoms with E-state index in [1.54, 1.807) is 0 Å². The van der Waals surface area contributed by atoms with E-state index in [-0.39, 0.29) is 11.6 Å². The van der Waals surface area contributed by atoms with Gasteiger partial charge in [0.2, 0.25) is 0 Å². The van der Waals surface area contributed by atoms with E-state index in [1.807, 2.05) is 30.3 Å². The molecule has 0 spiro atoms. The lowest BCUT2D eigenvalue weighted by molar-refractivity contribution is 0.0992. The maximum Gasteiger partial charge on any atom is 0.168 e. The van der Waals surface area contributed by atoms with Gasteiger partial charge in [0.25, 0.3) is 0 Å². The number of rotatable bonds is 3. The predicted octanol–water partition coefficient (Wildman–Crippen LogP) is 4.01. The summed E-state index contributed by atoms with van der Waals surface area (Å²) in [6.07, 6.45) is 0.324. The number of halogens is 2. The molecular formula is C14H10BrFO. The van der Waals surface area contributed by atoms with Gasteiger partial charge >= 0.3 is 0 Å². The summed E-state index contributed by atoms with van der Waals surface area (Å²) in [5.41, 5.74) is 1.46. The highest BCUT2D eigenvalue weighted by molar-refractivity contribution is 9.10. The summed E-state index contributed by atoms with van der Waals surface area (Å²) in [5, 5.41) is 0. The van der Waals surface area contributed by atoms with Gasteiger partial charge in [0.15, 0.2) is 5.78 Å². The molecule has 0 fully saturated rings. The Bertz CT molecular complexity index is 537. The number of carbonyl (C=O) groups is 1. The second-order valence-corrected chi connectivity index (χ2v) is 4.56. The molecule has 1 nitrogen and oxygen atoms in total. The number of Topliss-reactive ketones (excluding diaryl/α,β-unsaturated/α-hetero) is 1. The molecule has 0 aliphatic carbocycles. The summed E-state index contributed by atoms with van der Waals surface area (Å²) in [6.45, 7) is 0. The third-order valence-electron chi connectivity index (χ3n) is 2.44. The van der Waals surface area contributed by atoms with E-state index in [4.69, 9.17) is 0 Å². The van der Waals surface area contributed by atoms with Crippen LogP contribution in [0.4, 0.5) is 4.39 Å². The molecule has 0 bridgehead atoms. The van der Waals surface area contributed by atoms with Crippen LogP contribution in [0.1, 0.15) is 15.9 Å². The van der Waals surface area contributed by atoms with Crippen molar-refractivity contribution in [3.05, 3.63) is 69.9 Å². The lowest BCUT2D eigenvalue weighted by Crippen LogP contribution is -2.04. The van der Waals surface area contributed by atoms with E-state index < -0.39 is 0 Å². The molecule has 0 radical (unpaired) electrons. The maximum atomic E-state index is 12.9. The van der Waals surface area contributed by atoms with Crippen molar-refractivity contribution >= 4 is 21.7 Å². The Balaban J connectivity index is 2.21. The molecule has 0 saturated heterocycles. The van der Waals surface area contributed by atoms with Crippen molar-refractivity contribution in [1.82, 2.24) is 0 Å². The zero-order valence-corrected chi connectivity index (χ0v) is 10.6. The van der Waals surface area contributed by atoms with E-state index in [0.717, 1.165) is 5.56 Å². The minimum absolute atomic E-state index is 0.0249. The fraction of sp³-hybridized carbons (Fsp3) is 0.0714. The van der Waals surface area contributed by atoms with Gasteiger partial charge in [0.05, 0.1) is 0 Å². The molecule has 2 aromatic rings. The summed E-state index contributed by atoms with van der Waals surface area (Å²) in [6, 6.07) is 13.6. The van der Waals surface area contributed by atoms with E-state index in [0.29, 0.717) is 16.5 Å². The van der Waals surface area contributed by atoms with Crippen LogP contribution in [-0.2, 0) is 6.42 Å². The van der Waals surface area contributed by atoms with Gasteiger partial charge in [-0.1, -0.05) is 30.3 Å². The molecule has 0 amide bonds. The van der Waals surface area contributed by atoms with Crippen molar-refractivity contribution in [3.63, 3.8) is 0 Å². The van der Waals surface area contributed by atoms with Gasteiger partial charge in [-0.25, -0.2) is 4.39 Å². The van der Waals surface area contributed by atoms with Crippen molar-refractivity contribution in [2.24, 2.45) is 0 Å². The van der Waals surface area contributed by atoms with Gasteiger partial charge < -0.3 is 0 Å². The van der Waals surface area contributed by atoms with Crippen molar-refractivity contribution in [2.75, 3.05) is 0 Å². The van der Waals surface area contributed by atoms with Crippen LogP contribution in [0.25, 0.3) is 0 Å². The second-order valence-electron chi connectivity index (χ2n) is 3.71. The van der Waals surface area contributed by atoms with Crippen LogP contribution in [0.2, 0.25) is 0 Å². The molecule has 0 aromatic heterocycles. The zero-order chi connectivity index (χ0) is 12.3. The molecule has 0 heterocycles. The molecular weight excluding hydrogens is 283 g/mol. The fourth-order valence-electron chi connectivity index (χ4n) is 1.59. The van der Waals surface area contributed by atoms with Crippen LogP contribution in [0.3, 0.4) is 0 Å².